The van der Waals surface area contributed by atoms with Gasteiger partial charge in [-0.2, -0.15) is 0 Å². The Morgan fingerprint density at radius 2 is 1.82 bits per heavy atom. The van der Waals surface area contributed by atoms with E-state index in [2.05, 4.69) is 17.1 Å². The highest BCUT2D eigenvalue weighted by Crippen LogP contribution is 2.35. The fourth-order valence-electron chi connectivity index (χ4n) is 3.09. The van der Waals surface area contributed by atoms with Gasteiger partial charge in [0.05, 0.1) is 0 Å². The second kappa shape index (κ2) is 7.38. The summed E-state index contributed by atoms with van der Waals surface area (Å²) in [6.45, 7) is 7.27. The molecule has 0 aromatic heterocycles. The first-order valence-corrected chi connectivity index (χ1v) is 7.85. The summed E-state index contributed by atoms with van der Waals surface area (Å²) in [7, 11) is 0. The lowest BCUT2D eigenvalue weighted by atomic mass is 10.0. The number of nitrogens with one attached hydrogen (secondary N) is 1. The fourth-order valence-corrected chi connectivity index (χ4v) is 3.09. The van der Waals surface area contributed by atoms with Crippen molar-refractivity contribution in [2.75, 3.05) is 26.2 Å². The van der Waals surface area contributed by atoms with Crippen LogP contribution in [0.1, 0.15) is 58.3 Å². The summed E-state index contributed by atoms with van der Waals surface area (Å²) in [4.78, 5) is 2.81. The second-order valence-electron chi connectivity index (χ2n) is 5.93. The van der Waals surface area contributed by atoms with Crippen molar-refractivity contribution < 1.29 is 0 Å². The molecule has 1 atom stereocenters. The first kappa shape index (κ1) is 13.4. The number of hydrogen-bond donors (Lipinski definition) is 1. The molecule has 2 heteroatoms. The third-order valence-corrected chi connectivity index (χ3v) is 4.36. The van der Waals surface area contributed by atoms with E-state index in [0.717, 1.165) is 18.5 Å². The molecule has 1 saturated carbocycles. The highest BCUT2D eigenvalue weighted by molar-refractivity contribution is 4.83. The lowest BCUT2D eigenvalue weighted by Gasteiger charge is -2.31. The Hall–Kier alpha value is -0.0800. The molecule has 2 fully saturated rings. The molecule has 1 heterocycles. The molecular weight excluding hydrogens is 208 g/mol. The monoisotopic (exact) mass is 238 g/mol. The molecule has 2 aliphatic rings. The Balaban J connectivity index is 1.78. The molecule has 17 heavy (non-hydrogen) atoms. The molecular formula is C15H30N2. The van der Waals surface area contributed by atoms with Crippen LogP contribution in [0.5, 0.6) is 0 Å². The van der Waals surface area contributed by atoms with Gasteiger partial charge in [-0.1, -0.05) is 32.6 Å². The molecule has 1 aliphatic heterocycles. The summed E-state index contributed by atoms with van der Waals surface area (Å²) in [6, 6.07) is 0.875. The van der Waals surface area contributed by atoms with Gasteiger partial charge in [-0.15, -0.1) is 0 Å². The Morgan fingerprint density at radius 1 is 1.12 bits per heavy atom. The maximum Gasteiger partial charge on any atom is 0.0110 e. The van der Waals surface area contributed by atoms with Crippen molar-refractivity contribution >= 4 is 0 Å². The third-order valence-electron chi connectivity index (χ3n) is 4.36. The lowest BCUT2D eigenvalue weighted by Crippen LogP contribution is -2.38. The van der Waals surface area contributed by atoms with Gasteiger partial charge in [-0.25, -0.2) is 0 Å². The molecule has 0 amide bonds. The van der Waals surface area contributed by atoms with Crippen molar-refractivity contribution in [3.8, 4) is 0 Å². The Labute approximate surface area is 107 Å². The van der Waals surface area contributed by atoms with Gasteiger partial charge in [0.1, 0.15) is 0 Å². The van der Waals surface area contributed by atoms with Crippen LogP contribution in [0, 0.1) is 5.92 Å². The Bertz CT molecular complexity index is 193. The van der Waals surface area contributed by atoms with E-state index in [1.165, 1.54) is 71.0 Å². The van der Waals surface area contributed by atoms with Crippen molar-refractivity contribution in [1.82, 2.24) is 10.2 Å². The van der Waals surface area contributed by atoms with E-state index in [0.29, 0.717) is 0 Å². The van der Waals surface area contributed by atoms with Crippen molar-refractivity contribution in [2.45, 2.75) is 64.3 Å². The normalized spacial score (nSPS) is 24.5. The molecule has 0 spiro atoms. The SMILES string of the molecule is CCNCCC(CC1CC1)N1CCCCCC1. The standard InChI is InChI=1S/C15H30N2/c1-2-16-10-9-15(13-14-7-8-14)17-11-5-3-4-6-12-17/h14-16H,2-13H2,1H3. The fraction of sp³-hybridized carbons (Fsp3) is 1.00. The maximum atomic E-state index is 3.50. The van der Waals surface area contributed by atoms with Crippen molar-refractivity contribution in [3.63, 3.8) is 0 Å². The van der Waals surface area contributed by atoms with Gasteiger partial charge in [0, 0.05) is 6.04 Å². The summed E-state index contributed by atoms with van der Waals surface area (Å²) in [5.41, 5.74) is 0. The van der Waals surface area contributed by atoms with Crippen molar-refractivity contribution in [1.29, 1.82) is 0 Å². The first-order valence-electron chi connectivity index (χ1n) is 7.85. The Morgan fingerprint density at radius 3 is 2.41 bits per heavy atom. The highest BCUT2D eigenvalue weighted by Gasteiger charge is 2.28. The van der Waals surface area contributed by atoms with E-state index in [9.17, 15) is 0 Å². The average Bonchev–Trinajstić information content (AvgIpc) is 3.15. The van der Waals surface area contributed by atoms with E-state index in [-0.39, 0.29) is 0 Å². The minimum Gasteiger partial charge on any atom is -0.317 e. The third kappa shape index (κ3) is 4.97. The summed E-state index contributed by atoms with van der Waals surface area (Å²) < 4.78 is 0. The molecule has 2 rings (SSSR count). The summed E-state index contributed by atoms with van der Waals surface area (Å²) >= 11 is 0. The van der Waals surface area contributed by atoms with E-state index in [1.807, 2.05) is 0 Å². The second-order valence-corrected chi connectivity index (χ2v) is 5.93. The largest absolute Gasteiger partial charge is 0.317 e. The summed E-state index contributed by atoms with van der Waals surface area (Å²) in [6.07, 6.45) is 11.6. The van der Waals surface area contributed by atoms with E-state index in [4.69, 9.17) is 0 Å². The highest BCUT2D eigenvalue weighted by atomic mass is 15.2. The molecule has 1 aliphatic carbocycles. The van der Waals surface area contributed by atoms with Crippen LogP contribution < -0.4 is 5.32 Å². The van der Waals surface area contributed by atoms with Crippen LogP contribution in [-0.2, 0) is 0 Å². The average molecular weight is 238 g/mol. The molecule has 1 saturated heterocycles. The maximum absolute atomic E-state index is 3.50. The molecule has 0 radical (unpaired) electrons. The number of hydrogen-bond acceptors (Lipinski definition) is 2. The first-order chi connectivity index (χ1) is 8.40. The van der Waals surface area contributed by atoms with Crippen LogP contribution in [-0.4, -0.2) is 37.1 Å². The quantitative estimate of drug-likeness (QED) is 0.686. The zero-order valence-corrected chi connectivity index (χ0v) is 11.6. The molecule has 0 bridgehead atoms. The van der Waals surface area contributed by atoms with Gasteiger partial charge in [-0.05, 0) is 57.8 Å². The van der Waals surface area contributed by atoms with Gasteiger partial charge in [0.2, 0.25) is 0 Å². The molecule has 0 aromatic carbocycles. The van der Waals surface area contributed by atoms with Gasteiger partial charge in [-0.3, -0.25) is 0 Å². The van der Waals surface area contributed by atoms with Crippen LogP contribution in [0.4, 0.5) is 0 Å². The van der Waals surface area contributed by atoms with Gasteiger partial charge in [0.15, 0.2) is 0 Å². The van der Waals surface area contributed by atoms with Gasteiger partial charge >= 0.3 is 0 Å². The topological polar surface area (TPSA) is 15.3 Å². The van der Waals surface area contributed by atoms with E-state index < -0.39 is 0 Å². The predicted octanol–water partition coefficient (Wildman–Crippen LogP) is 3.03. The van der Waals surface area contributed by atoms with Gasteiger partial charge in [0.25, 0.3) is 0 Å². The molecule has 2 nitrogen and oxygen atoms in total. The minimum atomic E-state index is 0.875. The van der Waals surface area contributed by atoms with Gasteiger partial charge < -0.3 is 10.2 Å². The van der Waals surface area contributed by atoms with Crippen LogP contribution in [0.15, 0.2) is 0 Å². The zero-order chi connectivity index (χ0) is 11.9. The molecule has 1 N–H and O–H groups in total. The molecule has 100 valence electrons. The smallest absolute Gasteiger partial charge is 0.0110 e. The zero-order valence-electron chi connectivity index (χ0n) is 11.6. The molecule has 1 unspecified atom stereocenters. The van der Waals surface area contributed by atoms with Crippen LogP contribution in [0.3, 0.4) is 0 Å². The van der Waals surface area contributed by atoms with E-state index in [1.54, 1.807) is 0 Å². The minimum absolute atomic E-state index is 0.875. The number of likely N-dealkylation sites (tertiary alicyclic amines) is 1. The predicted molar refractivity (Wildman–Crippen MR) is 74.3 cm³/mol. The summed E-state index contributed by atoms with van der Waals surface area (Å²) in [5, 5.41) is 3.50. The molecule has 0 aromatic rings. The Kier molecular flexibility index (Phi) is 5.79. The van der Waals surface area contributed by atoms with Crippen LogP contribution >= 0.6 is 0 Å². The van der Waals surface area contributed by atoms with Crippen molar-refractivity contribution in [3.05, 3.63) is 0 Å². The number of nitrogens with zero attached hydrogens (tertiary/aromatic N) is 1. The van der Waals surface area contributed by atoms with Crippen LogP contribution in [0.2, 0.25) is 0 Å². The summed E-state index contributed by atoms with van der Waals surface area (Å²) in [5.74, 6) is 1.07. The van der Waals surface area contributed by atoms with Crippen LogP contribution in [0.25, 0.3) is 0 Å². The van der Waals surface area contributed by atoms with E-state index >= 15 is 0 Å². The number of rotatable bonds is 7. The lowest BCUT2D eigenvalue weighted by molar-refractivity contribution is 0.177. The van der Waals surface area contributed by atoms with Crippen molar-refractivity contribution in [2.24, 2.45) is 5.92 Å².